The predicted octanol–water partition coefficient (Wildman–Crippen LogP) is 3.83. The highest BCUT2D eigenvalue weighted by Crippen LogP contribution is 2.20. The van der Waals surface area contributed by atoms with Gasteiger partial charge in [0, 0.05) is 24.5 Å². The molecule has 0 fully saturated rings. The van der Waals surface area contributed by atoms with Gasteiger partial charge in [-0.1, -0.05) is 25.1 Å². The van der Waals surface area contributed by atoms with E-state index in [1.165, 1.54) is 12.4 Å². The molecule has 0 radical (unpaired) electrons. The Morgan fingerprint density at radius 3 is 2.38 bits per heavy atom. The third-order valence-electron chi connectivity index (χ3n) is 5.45. The highest BCUT2D eigenvalue weighted by atomic mass is 16.3. The van der Waals surface area contributed by atoms with Gasteiger partial charge >= 0.3 is 0 Å². The number of nitriles is 1. The first-order valence-electron chi connectivity index (χ1n) is 10.9. The number of aromatic nitrogens is 2. The summed E-state index contributed by atoms with van der Waals surface area (Å²) in [5, 5.41) is 15.7. The lowest BCUT2D eigenvalue weighted by atomic mass is 10.0. The van der Waals surface area contributed by atoms with Crippen molar-refractivity contribution in [2.45, 2.75) is 33.4 Å². The van der Waals surface area contributed by atoms with Gasteiger partial charge in [-0.15, -0.1) is 0 Å². The first-order chi connectivity index (χ1) is 16.5. The monoisotopic (exact) mass is 453 g/mol. The van der Waals surface area contributed by atoms with Crippen molar-refractivity contribution in [2.75, 3.05) is 0 Å². The Morgan fingerprint density at radius 1 is 0.941 bits per heavy atom. The van der Waals surface area contributed by atoms with Crippen LogP contribution in [0.4, 0.5) is 0 Å². The second-order valence-electron chi connectivity index (χ2n) is 7.83. The quantitative estimate of drug-likeness (QED) is 0.439. The number of amides is 2. The molecule has 0 aliphatic heterocycles. The number of furan rings is 1. The van der Waals surface area contributed by atoms with Crippen molar-refractivity contribution >= 4 is 22.8 Å². The number of hydrogen-bond donors (Lipinski definition) is 2. The van der Waals surface area contributed by atoms with Crippen molar-refractivity contribution in [1.82, 2.24) is 20.6 Å². The third-order valence-corrected chi connectivity index (χ3v) is 5.45. The molecular formula is C26H23N5O3. The second kappa shape index (κ2) is 9.96. The molecule has 34 heavy (non-hydrogen) atoms. The van der Waals surface area contributed by atoms with Gasteiger partial charge in [-0.25, -0.2) is 9.97 Å². The number of benzene rings is 2. The largest absolute Gasteiger partial charge is 0.461 e. The number of nitrogens with one attached hydrogen (secondary N) is 2. The lowest BCUT2D eigenvalue weighted by Crippen LogP contribution is -2.27. The Kier molecular flexibility index (Phi) is 6.64. The lowest BCUT2D eigenvalue weighted by molar-refractivity contribution is 0.0944. The van der Waals surface area contributed by atoms with E-state index >= 15 is 0 Å². The zero-order chi connectivity index (χ0) is 24.1. The molecule has 0 aliphatic carbocycles. The molecule has 0 saturated carbocycles. The minimum Gasteiger partial charge on any atom is -0.461 e. The molecule has 2 aromatic heterocycles. The normalized spacial score (nSPS) is 10.6. The number of carbonyl (C=O) groups excluding carboxylic acids is 2. The Morgan fingerprint density at radius 2 is 1.68 bits per heavy atom. The Balaban J connectivity index is 1.39. The summed E-state index contributed by atoms with van der Waals surface area (Å²) in [4.78, 5) is 33.2. The van der Waals surface area contributed by atoms with Crippen LogP contribution >= 0.6 is 0 Å². The van der Waals surface area contributed by atoms with Gasteiger partial charge in [-0.3, -0.25) is 9.59 Å². The number of aryl methyl sites for hydroxylation is 2. The van der Waals surface area contributed by atoms with Crippen LogP contribution in [-0.4, -0.2) is 21.8 Å². The Bertz CT molecular complexity index is 1420. The molecule has 0 unspecified atom stereocenters. The Labute approximate surface area is 196 Å². The maximum atomic E-state index is 12.6. The van der Waals surface area contributed by atoms with Crippen LogP contribution in [0.5, 0.6) is 0 Å². The molecule has 4 aromatic rings. The first-order valence-corrected chi connectivity index (χ1v) is 10.9. The summed E-state index contributed by atoms with van der Waals surface area (Å²) >= 11 is 0. The third kappa shape index (κ3) is 5.10. The van der Waals surface area contributed by atoms with Gasteiger partial charge in [0.15, 0.2) is 0 Å². The predicted molar refractivity (Wildman–Crippen MR) is 126 cm³/mol. The molecule has 4 rings (SSSR count). The van der Waals surface area contributed by atoms with E-state index in [0.29, 0.717) is 12.1 Å². The van der Waals surface area contributed by atoms with Crippen molar-refractivity contribution in [2.24, 2.45) is 0 Å². The minimum absolute atomic E-state index is 0.0966. The van der Waals surface area contributed by atoms with E-state index in [-0.39, 0.29) is 17.9 Å². The van der Waals surface area contributed by atoms with Crippen LogP contribution in [0.25, 0.3) is 11.0 Å². The van der Waals surface area contributed by atoms with E-state index in [1.54, 1.807) is 6.07 Å². The summed E-state index contributed by atoms with van der Waals surface area (Å²) in [6.07, 6.45) is 1.94. The second-order valence-corrected chi connectivity index (χ2v) is 7.83. The van der Waals surface area contributed by atoms with Gasteiger partial charge in [0.25, 0.3) is 11.8 Å². The number of nitrogens with zero attached hydrogens (tertiary/aromatic N) is 3. The Hall–Kier alpha value is -4.51. The molecule has 170 valence electrons. The van der Waals surface area contributed by atoms with Crippen molar-refractivity contribution in [3.63, 3.8) is 0 Å². The van der Waals surface area contributed by atoms with Crippen LogP contribution in [0.3, 0.4) is 0 Å². The summed E-state index contributed by atoms with van der Waals surface area (Å²) in [7, 11) is 0. The van der Waals surface area contributed by atoms with E-state index in [9.17, 15) is 9.59 Å². The van der Waals surface area contributed by atoms with Crippen LogP contribution < -0.4 is 10.6 Å². The molecule has 8 nitrogen and oxygen atoms in total. The van der Waals surface area contributed by atoms with Crippen LogP contribution in [0.1, 0.15) is 55.9 Å². The van der Waals surface area contributed by atoms with Gasteiger partial charge < -0.3 is 15.1 Å². The molecule has 8 heteroatoms. The molecule has 0 bridgehead atoms. The summed E-state index contributed by atoms with van der Waals surface area (Å²) in [5.41, 5.74) is 4.34. The van der Waals surface area contributed by atoms with Crippen LogP contribution in [0, 0.1) is 18.3 Å². The average Bonchev–Trinajstić information content (AvgIpc) is 3.24. The molecule has 2 aromatic carbocycles. The minimum atomic E-state index is -0.415. The summed E-state index contributed by atoms with van der Waals surface area (Å²) in [5.74, 6) is 0.00196. The van der Waals surface area contributed by atoms with Crippen molar-refractivity contribution in [1.29, 1.82) is 5.26 Å². The number of hydrogen-bond acceptors (Lipinski definition) is 6. The van der Waals surface area contributed by atoms with Crippen molar-refractivity contribution in [3.05, 3.63) is 94.3 Å². The maximum Gasteiger partial charge on any atom is 0.270 e. The van der Waals surface area contributed by atoms with Crippen molar-refractivity contribution < 1.29 is 14.0 Å². The standard InChI is InChI=1S/C26H23N5O3/c1-3-19-9-17(12-27)4-7-21(19)14-29-26(33)23-11-22(30-15-31-23)25(32)28-13-18-5-6-20-8-16(2)34-24(20)10-18/h4-11,15H,3,13-14H2,1-2H3,(H,28,32)(H,29,33). The van der Waals surface area contributed by atoms with Gasteiger partial charge in [-0.2, -0.15) is 5.26 Å². The molecule has 0 spiro atoms. The summed E-state index contributed by atoms with van der Waals surface area (Å²) < 4.78 is 5.63. The average molecular weight is 454 g/mol. The lowest BCUT2D eigenvalue weighted by Gasteiger charge is -2.10. The molecule has 0 atom stereocenters. The van der Waals surface area contributed by atoms with E-state index in [1.807, 2.05) is 50.2 Å². The van der Waals surface area contributed by atoms with E-state index in [2.05, 4.69) is 26.7 Å². The van der Waals surface area contributed by atoms with E-state index < -0.39 is 11.8 Å². The van der Waals surface area contributed by atoms with Gasteiger partial charge in [-0.05, 0) is 54.3 Å². The molecule has 2 N–H and O–H groups in total. The van der Waals surface area contributed by atoms with E-state index in [4.69, 9.17) is 9.68 Å². The number of carbonyl (C=O) groups is 2. The number of rotatable bonds is 7. The van der Waals surface area contributed by atoms with E-state index in [0.717, 1.165) is 39.8 Å². The fourth-order valence-corrected chi connectivity index (χ4v) is 3.66. The maximum absolute atomic E-state index is 12.6. The van der Waals surface area contributed by atoms with Crippen LogP contribution in [-0.2, 0) is 19.5 Å². The van der Waals surface area contributed by atoms with Gasteiger partial charge in [0.2, 0.25) is 0 Å². The topological polar surface area (TPSA) is 121 Å². The van der Waals surface area contributed by atoms with Crippen LogP contribution in [0.2, 0.25) is 0 Å². The van der Waals surface area contributed by atoms with Gasteiger partial charge in [0.1, 0.15) is 29.1 Å². The van der Waals surface area contributed by atoms with Crippen molar-refractivity contribution in [3.8, 4) is 6.07 Å². The van der Waals surface area contributed by atoms with Gasteiger partial charge in [0.05, 0.1) is 11.6 Å². The summed E-state index contributed by atoms with van der Waals surface area (Å²) in [6.45, 7) is 4.45. The molecule has 2 amide bonds. The molecule has 0 saturated heterocycles. The fourth-order valence-electron chi connectivity index (χ4n) is 3.66. The molecular weight excluding hydrogens is 430 g/mol. The SMILES string of the molecule is CCc1cc(C#N)ccc1CNC(=O)c1cc(C(=O)NCc2ccc3cc(C)oc3c2)ncn1. The zero-order valence-corrected chi connectivity index (χ0v) is 18.9. The highest BCUT2D eigenvalue weighted by Gasteiger charge is 2.14. The molecule has 2 heterocycles. The smallest absolute Gasteiger partial charge is 0.270 e. The highest BCUT2D eigenvalue weighted by molar-refractivity contribution is 5.97. The summed E-state index contributed by atoms with van der Waals surface area (Å²) in [6, 6.07) is 16.6. The number of fused-ring (bicyclic) bond motifs is 1. The molecule has 0 aliphatic rings. The first kappa shape index (κ1) is 22.7. The van der Waals surface area contributed by atoms with Crippen LogP contribution in [0.15, 0.2) is 59.3 Å². The fraction of sp³-hybridized carbons (Fsp3) is 0.192. The zero-order valence-electron chi connectivity index (χ0n) is 18.9.